The SMILES string of the molecule is COc1cccc(SCc2ccnc(C#N)c2)c1. The van der Waals surface area contributed by atoms with E-state index in [1.54, 1.807) is 25.1 Å². The summed E-state index contributed by atoms with van der Waals surface area (Å²) in [7, 11) is 1.66. The molecule has 0 radical (unpaired) electrons. The second-order valence-corrected chi connectivity index (χ2v) is 4.68. The summed E-state index contributed by atoms with van der Waals surface area (Å²) in [4.78, 5) is 5.09. The Kier molecular flexibility index (Phi) is 4.21. The standard InChI is InChI=1S/C14H12N2OS/c1-17-13-3-2-4-14(8-13)18-10-11-5-6-16-12(7-11)9-15/h2-8H,10H2,1H3. The van der Waals surface area contributed by atoms with Crippen molar-refractivity contribution in [2.75, 3.05) is 7.11 Å². The molecule has 0 aliphatic rings. The molecular formula is C14H12N2OS. The molecule has 4 heteroatoms. The summed E-state index contributed by atoms with van der Waals surface area (Å²) in [6.45, 7) is 0. The summed E-state index contributed by atoms with van der Waals surface area (Å²) in [6, 6.07) is 13.7. The molecular weight excluding hydrogens is 244 g/mol. The molecule has 0 amide bonds. The minimum absolute atomic E-state index is 0.457. The zero-order chi connectivity index (χ0) is 12.8. The predicted molar refractivity (Wildman–Crippen MR) is 71.5 cm³/mol. The van der Waals surface area contributed by atoms with Crippen LogP contribution >= 0.6 is 11.8 Å². The fourth-order valence-electron chi connectivity index (χ4n) is 1.48. The van der Waals surface area contributed by atoms with E-state index in [-0.39, 0.29) is 0 Å². The Balaban J connectivity index is 2.04. The summed E-state index contributed by atoms with van der Waals surface area (Å²) >= 11 is 1.71. The van der Waals surface area contributed by atoms with Gasteiger partial charge in [-0.3, -0.25) is 0 Å². The molecule has 3 nitrogen and oxygen atoms in total. The van der Waals surface area contributed by atoms with Crippen LogP contribution in [-0.2, 0) is 5.75 Å². The predicted octanol–water partition coefficient (Wildman–Crippen LogP) is 3.25. The quantitative estimate of drug-likeness (QED) is 0.788. The molecule has 2 aromatic rings. The highest BCUT2D eigenvalue weighted by atomic mass is 32.2. The Morgan fingerprint density at radius 3 is 3.00 bits per heavy atom. The van der Waals surface area contributed by atoms with Crippen LogP contribution in [0.3, 0.4) is 0 Å². The van der Waals surface area contributed by atoms with E-state index >= 15 is 0 Å². The van der Waals surface area contributed by atoms with Gasteiger partial charge in [-0.15, -0.1) is 11.8 Å². The Bertz CT molecular complexity index is 578. The third-order valence-electron chi connectivity index (χ3n) is 2.39. The van der Waals surface area contributed by atoms with Crippen molar-refractivity contribution in [1.29, 1.82) is 5.26 Å². The summed E-state index contributed by atoms with van der Waals surface area (Å²) in [6.07, 6.45) is 1.67. The summed E-state index contributed by atoms with van der Waals surface area (Å²) in [5, 5.41) is 8.78. The first-order valence-electron chi connectivity index (χ1n) is 5.43. The smallest absolute Gasteiger partial charge is 0.140 e. The van der Waals surface area contributed by atoms with Crippen molar-refractivity contribution in [3.63, 3.8) is 0 Å². The number of thioether (sulfide) groups is 1. The van der Waals surface area contributed by atoms with Crippen LogP contribution in [0.2, 0.25) is 0 Å². The highest BCUT2D eigenvalue weighted by molar-refractivity contribution is 7.98. The zero-order valence-corrected chi connectivity index (χ0v) is 10.8. The molecule has 0 saturated heterocycles. The van der Waals surface area contributed by atoms with Gasteiger partial charge in [0.15, 0.2) is 0 Å². The summed E-state index contributed by atoms with van der Waals surface area (Å²) < 4.78 is 5.18. The largest absolute Gasteiger partial charge is 0.497 e. The number of nitriles is 1. The van der Waals surface area contributed by atoms with Crippen LogP contribution in [0, 0.1) is 11.3 Å². The molecule has 0 fully saturated rings. The second kappa shape index (κ2) is 6.08. The van der Waals surface area contributed by atoms with Crippen LogP contribution in [-0.4, -0.2) is 12.1 Å². The maximum Gasteiger partial charge on any atom is 0.140 e. The fraction of sp³-hybridized carbons (Fsp3) is 0.143. The van der Waals surface area contributed by atoms with Gasteiger partial charge in [0, 0.05) is 16.8 Å². The Morgan fingerprint density at radius 1 is 1.33 bits per heavy atom. The molecule has 0 bridgehead atoms. The van der Waals surface area contributed by atoms with Crippen molar-refractivity contribution in [3.05, 3.63) is 53.9 Å². The monoisotopic (exact) mass is 256 g/mol. The lowest BCUT2D eigenvalue weighted by atomic mass is 10.2. The molecule has 0 aliphatic heterocycles. The number of pyridine rings is 1. The van der Waals surface area contributed by atoms with Crippen molar-refractivity contribution in [3.8, 4) is 11.8 Å². The van der Waals surface area contributed by atoms with Crippen LogP contribution in [0.15, 0.2) is 47.5 Å². The van der Waals surface area contributed by atoms with Crippen molar-refractivity contribution in [2.45, 2.75) is 10.6 Å². The van der Waals surface area contributed by atoms with Crippen molar-refractivity contribution in [2.24, 2.45) is 0 Å². The lowest BCUT2D eigenvalue weighted by Gasteiger charge is -2.04. The van der Waals surface area contributed by atoms with Gasteiger partial charge < -0.3 is 4.74 Å². The minimum atomic E-state index is 0.457. The molecule has 0 spiro atoms. The Hall–Kier alpha value is -1.99. The number of methoxy groups -OCH3 is 1. The summed E-state index contributed by atoms with van der Waals surface area (Å²) in [5.41, 5.74) is 1.55. The molecule has 0 N–H and O–H groups in total. The average molecular weight is 256 g/mol. The number of hydrogen-bond acceptors (Lipinski definition) is 4. The van der Waals surface area contributed by atoms with E-state index in [1.165, 1.54) is 0 Å². The third kappa shape index (κ3) is 3.25. The Morgan fingerprint density at radius 2 is 2.22 bits per heavy atom. The second-order valence-electron chi connectivity index (χ2n) is 3.63. The first kappa shape index (κ1) is 12.5. The third-order valence-corrected chi connectivity index (χ3v) is 3.45. The van der Waals surface area contributed by atoms with Gasteiger partial charge >= 0.3 is 0 Å². The van der Waals surface area contributed by atoms with Crippen molar-refractivity contribution in [1.82, 2.24) is 4.98 Å². The normalized spacial score (nSPS) is 9.78. The maximum absolute atomic E-state index is 8.78. The number of benzene rings is 1. The van der Waals surface area contributed by atoms with Gasteiger partial charge in [0.1, 0.15) is 17.5 Å². The van der Waals surface area contributed by atoms with Gasteiger partial charge in [0.05, 0.1) is 7.11 Å². The Labute approximate surface area is 110 Å². The fourth-order valence-corrected chi connectivity index (χ4v) is 2.37. The van der Waals surface area contributed by atoms with E-state index in [2.05, 4.69) is 4.98 Å². The number of hydrogen-bond donors (Lipinski definition) is 0. The van der Waals surface area contributed by atoms with Gasteiger partial charge in [-0.1, -0.05) is 6.07 Å². The lowest BCUT2D eigenvalue weighted by molar-refractivity contribution is 0.413. The maximum atomic E-state index is 8.78. The molecule has 0 aliphatic carbocycles. The van der Waals surface area contributed by atoms with Crippen LogP contribution in [0.25, 0.3) is 0 Å². The van der Waals surface area contributed by atoms with Gasteiger partial charge in [-0.05, 0) is 35.9 Å². The van der Waals surface area contributed by atoms with Crippen LogP contribution in [0.5, 0.6) is 5.75 Å². The topological polar surface area (TPSA) is 45.9 Å². The van der Waals surface area contributed by atoms with Gasteiger partial charge in [-0.25, -0.2) is 4.98 Å². The molecule has 1 aromatic carbocycles. The number of rotatable bonds is 4. The molecule has 90 valence electrons. The van der Waals surface area contributed by atoms with Crippen LogP contribution in [0.4, 0.5) is 0 Å². The van der Waals surface area contributed by atoms with E-state index in [0.29, 0.717) is 5.69 Å². The van der Waals surface area contributed by atoms with Gasteiger partial charge in [0.2, 0.25) is 0 Å². The van der Waals surface area contributed by atoms with Gasteiger partial charge in [-0.2, -0.15) is 5.26 Å². The van der Waals surface area contributed by atoms with Crippen molar-refractivity contribution < 1.29 is 4.74 Å². The lowest BCUT2D eigenvalue weighted by Crippen LogP contribution is -1.87. The number of ether oxygens (including phenoxy) is 1. The van der Waals surface area contributed by atoms with Crippen molar-refractivity contribution >= 4 is 11.8 Å². The minimum Gasteiger partial charge on any atom is -0.497 e. The molecule has 1 aromatic heterocycles. The van der Waals surface area contributed by atoms with E-state index in [1.807, 2.05) is 42.5 Å². The van der Waals surface area contributed by atoms with E-state index in [0.717, 1.165) is 22.0 Å². The molecule has 0 atom stereocenters. The van der Waals surface area contributed by atoms with Crippen LogP contribution < -0.4 is 4.74 Å². The molecule has 2 rings (SSSR count). The molecule has 1 heterocycles. The van der Waals surface area contributed by atoms with E-state index in [9.17, 15) is 0 Å². The molecule has 0 unspecified atom stereocenters. The van der Waals surface area contributed by atoms with Crippen LogP contribution in [0.1, 0.15) is 11.3 Å². The zero-order valence-electron chi connectivity index (χ0n) is 9.96. The highest BCUT2D eigenvalue weighted by Crippen LogP contribution is 2.25. The number of nitrogens with zero attached hydrogens (tertiary/aromatic N) is 2. The van der Waals surface area contributed by atoms with E-state index in [4.69, 9.17) is 10.00 Å². The first-order chi connectivity index (χ1) is 8.81. The highest BCUT2D eigenvalue weighted by Gasteiger charge is 2.00. The molecule has 18 heavy (non-hydrogen) atoms. The average Bonchev–Trinajstić information content (AvgIpc) is 2.45. The summed E-state index contributed by atoms with van der Waals surface area (Å²) in [5.74, 6) is 1.66. The molecule has 0 saturated carbocycles. The van der Waals surface area contributed by atoms with E-state index < -0.39 is 0 Å². The van der Waals surface area contributed by atoms with Gasteiger partial charge in [0.25, 0.3) is 0 Å². The first-order valence-corrected chi connectivity index (χ1v) is 6.42. The number of aromatic nitrogens is 1.